The third-order valence-electron chi connectivity index (χ3n) is 5.80. The van der Waals surface area contributed by atoms with E-state index >= 15 is 0 Å². The second kappa shape index (κ2) is 11.2. The number of anilines is 1. The van der Waals surface area contributed by atoms with Crippen LogP contribution in [-0.2, 0) is 35.5 Å². The number of ether oxygens (including phenoxy) is 3. The second-order valence-electron chi connectivity index (χ2n) is 8.09. The van der Waals surface area contributed by atoms with Crippen LogP contribution < -0.4 is 9.64 Å². The Balaban J connectivity index is 1.66. The molecular weight excluding hydrogens is 450 g/mol. The highest BCUT2D eigenvalue weighted by molar-refractivity contribution is 7.17. The number of fused-ring (bicyclic) bond motifs is 1. The molecule has 0 spiro atoms. The summed E-state index contributed by atoms with van der Waals surface area (Å²) in [6.45, 7) is 2.49. The van der Waals surface area contributed by atoms with Crippen LogP contribution in [0, 0.1) is 0 Å². The summed E-state index contributed by atoms with van der Waals surface area (Å²) in [4.78, 5) is 29.2. The first kappa shape index (κ1) is 23.8. The van der Waals surface area contributed by atoms with Crippen LogP contribution in [0.5, 0.6) is 5.75 Å². The molecule has 0 radical (unpaired) electrons. The SMILES string of the molecule is CCOC(=O)c1c(N(Cc2ccccc2)C(=O)OCc2ccc(OC)cc2)sc2c1CCCC2. The highest BCUT2D eigenvalue weighted by Gasteiger charge is 2.32. The van der Waals surface area contributed by atoms with Crippen LogP contribution >= 0.6 is 11.3 Å². The average Bonchev–Trinajstić information content (AvgIpc) is 3.26. The topological polar surface area (TPSA) is 65.1 Å². The van der Waals surface area contributed by atoms with Crippen molar-refractivity contribution in [3.63, 3.8) is 0 Å². The van der Waals surface area contributed by atoms with E-state index in [2.05, 4.69) is 0 Å². The van der Waals surface area contributed by atoms with E-state index in [0.29, 0.717) is 17.1 Å². The maximum absolute atomic E-state index is 13.4. The fourth-order valence-corrected chi connectivity index (χ4v) is 5.45. The Hall–Kier alpha value is -3.32. The molecule has 1 aliphatic rings. The lowest BCUT2D eigenvalue weighted by atomic mass is 9.95. The fraction of sp³-hybridized carbons (Fsp3) is 0.333. The van der Waals surface area contributed by atoms with E-state index in [9.17, 15) is 9.59 Å². The molecular formula is C27H29NO5S. The molecule has 0 fully saturated rings. The van der Waals surface area contributed by atoms with E-state index in [4.69, 9.17) is 14.2 Å². The molecule has 0 N–H and O–H groups in total. The van der Waals surface area contributed by atoms with Gasteiger partial charge in [-0.05, 0) is 61.4 Å². The number of benzene rings is 2. The number of hydrogen-bond donors (Lipinski definition) is 0. The van der Waals surface area contributed by atoms with E-state index in [1.165, 1.54) is 11.3 Å². The van der Waals surface area contributed by atoms with E-state index in [1.54, 1.807) is 18.9 Å². The molecule has 0 unspecified atom stereocenters. The number of nitrogens with zero attached hydrogens (tertiary/aromatic N) is 1. The van der Waals surface area contributed by atoms with Gasteiger partial charge in [0.25, 0.3) is 0 Å². The molecule has 1 amide bonds. The molecule has 1 heterocycles. The predicted molar refractivity (Wildman–Crippen MR) is 133 cm³/mol. The lowest BCUT2D eigenvalue weighted by Gasteiger charge is -2.22. The van der Waals surface area contributed by atoms with Crippen LogP contribution in [0.1, 0.15) is 51.7 Å². The molecule has 0 bridgehead atoms. The number of aryl methyl sites for hydroxylation is 1. The van der Waals surface area contributed by atoms with Crippen molar-refractivity contribution in [1.82, 2.24) is 0 Å². The Morgan fingerprint density at radius 3 is 2.38 bits per heavy atom. The summed E-state index contributed by atoms with van der Waals surface area (Å²) < 4.78 is 16.3. The summed E-state index contributed by atoms with van der Waals surface area (Å²) in [7, 11) is 1.61. The first-order valence-corrected chi connectivity index (χ1v) is 12.3. The molecule has 4 rings (SSSR count). The standard InChI is InChI=1S/C27H29NO5S/c1-3-32-26(29)24-22-11-7-8-12-23(22)34-25(24)28(17-19-9-5-4-6-10-19)27(30)33-18-20-13-15-21(31-2)16-14-20/h4-6,9-10,13-16H,3,7-8,11-12,17-18H2,1-2H3. The van der Waals surface area contributed by atoms with Crippen molar-refractivity contribution < 1.29 is 23.8 Å². The number of carbonyl (C=O) groups excluding carboxylic acids is 2. The maximum Gasteiger partial charge on any atom is 0.415 e. The summed E-state index contributed by atoms with van der Waals surface area (Å²) in [6.07, 6.45) is 3.34. The van der Waals surface area contributed by atoms with Gasteiger partial charge in [-0.1, -0.05) is 42.5 Å². The molecule has 7 heteroatoms. The van der Waals surface area contributed by atoms with Crippen molar-refractivity contribution in [2.24, 2.45) is 0 Å². The molecule has 1 aliphatic carbocycles. The molecule has 178 valence electrons. The first-order chi connectivity index (χ1) is 16.6. The van der Waals surface area contributed by atoms with Crippen LogP contribution in [0.25, 0.3) is 0 Å². The quantitative estimate of drug-likeness (QED) is 0.362. The Morgan fingerprint density at radius 2 is 1.68 bits per heavy atom. The van der Waals surface area contributed by atoms with E-state index in [0.717, 1.165) is 53.0 Å². The Morgan fingerprint density at radius 1 is 0.941 bits per heavy atom. The normalized spacial score (nSPS) is 12.5. The Labute approximate surface area is 204 Å². The zero-order valence-electron chi connectivity index (χ0n) is 19.5. The lowest BCUT2D eigenvalue weighted by Crippen LogP contribution is -2.31. The minimum atomic E-state index is -0.496. The number of hydrogen-bond acceptors (Lipinski definition) is 6. The molecule has 0 atom stereocenters. The van der Waals surface area contributed by atoms with Gasteiger partial charge in [0.15, 0.2) is 0 Å². The smallest absolute Gasteiger partial charge is 0.415 e. The summed E-state index contributed by atoms with van der Waals surface area (Å²) in [5.41, 5.74) is 3.33. The fourth-order valence-electron chi connectivity index (χ4n) is 4.09. The highest BCUT2D eigenvalue weighted by Crippen LogP contribution is 2.41. The minimum absolute atomic E-state index is 0.119. The van der Waals surface area contributed by atoms with Crippen molar-refractivity contribution in [2.75, 3.05) is 18.6 Å². The lowest BCUT2D eigenvalue weighted by molar-refractivity contribution is 0.0526. The van der Waals surface area contributed by atoms with Crippen molar-refractivity contribution in [1.29, 1.82) is 0 Å². The minimum Gasteiger partial charge on any atom is -0.497 e. The number of methoxy groups -OCH3 is 1. The highest BCUT2D eigenvalue weighted by atomic mass is 32.1. The van der Waals surface area contributed by atoms with Crippen LogP contribution in [0.4, 0.5) is 9.80 Å². The van der Waals surface area contributed by atoms with Gasteiger partial charge in [-0.3, -0.25) is 4.90 Å². The van der Waals surface area contributed by atoms with Gasteiger partial charge in [0, 0.05) is 4.88 Å². The summed E-state index contributed by atoms with van der Waals surface area (Å²) in [5, 5.41) is 0.605. The molecule has 34 heavy (non-hydrogen) atoms. The third-order valence-corrected chi connectivity index (χ3v) is 7.12. The second-order valence-corrected chi connectivity index (χ2v) is 9.17. The largest absolute Gasteiger partial charge is 0.497 e. The average molecular weight is 480 g/mol. The van der Waals surface area contributed by atoms with Gasteiger partial charge in [-0.25, -0.2) is 9.59 Å². The summed E-state index contributed by atoms with van der Waals surface area (Å²) >= 11 is 1.51. The van der Waals surface area contributed by atoms with Gasteiger partial charge < -0.3 is 14.2 Å². The van der Waals surface area contributed by atoms with Crippen molar-refractivity contribution in [2.45, 2.75) is 45.8 Å². The van der Waals surface area contributed by atoms with Gasteiger partial charge in [0.1, 0.15) is 17.4 Å². The number of esters is 1. The van der Waals surface area contributed by atoms with Crippen LogP contribution in [0.15, 0.2) is 54.6 Å². The van der Waals surface area contributed by atoms with E-state index in [-0.39, 0.29) is 19.2 Å². The van der Waals surface area contributed by atoms with E-state index in [1.807, 2.05) is 54.6 Å². The van der Waals surface area contributed by atoms with Crippen molar-refractivity contribution >= 4 is 28.4 Å². The van der Waals surface area contributed by atoms with Gasteiger partial charge in [-0.2, -0.15) is 0 Å². The van der Waals surface area contributed by atoms with Gasteiger partial charge in [-0.15, -0.1) is 11.3 Å². The first-order valence-electron chi connectivity index (χ1n) is 11.5. The number of carbonyl (C=O) groups is 2. The van der Waals surface area contributed by atoms with Gasteiger partial charge in [0.05, 0.1) is 25.8 Å². The third kappa shape index (κ3) is 5.42. The molecule has 1 aromatic heterocycles. The molecule has 0 saturated carbocycles. The molecule has 3 aromatic rings. The number of thiophene rings is 1. The summed E-state index contributed by atoms with van der Waals surface area (Å²) in [6, 6.07) is 17.1. The number of amides is 1. The van der Waals surface area contributed by atoms with E-state index < -0.39 is 6.09 Å². The zero-order valence-corrected chi connectivity index (χ0v) is 20.4. The predicted octanol–water partition coefficient (Wildman–Crippen LogP) is 6.16. The molecule has 0 saturated heterocycles. The maximum atomic E-state index is 13.4. The van der Waals surface area contributed by atoms with Gasteiger partial charge >= 0.3 is 12.1 Å². The number of rotatable bonds is 8. The van der Waals surface area contributed by atoms with Crippen LogP contribution in [0.2, 0.25) is 0 Å². The molecule has 0 aliphatic heterocycles. The van der Waals surface area contributed by atoms with Crippen LogP contribution in [-0.4, -0.2) is 25.8 Å². The Bertz CT molecular complexity index is 1120. The Kier molecular flexibility index (Phi) is 7.85. The van der Waals surface area contributed by atoms with Crippen molar-refractivity contribution in [3.05, 3.63) is 81.7 Å². The monoisotopic (exact) mass is 479 g/mol. The van der Waals surface area contributed by atoms with Crippen LogP contribution in [0.3, 0.4) is 0 Å². The summed E-state index contributed by atoms with van der Waals surface area (Å²) in [5.74, 6) is 0.363. The zero-order chi connectivity index (χ0) is 23.9. The van der Waals surface area contributed by atoms with Gasteiger partial charge in [0.2, 0.25) is 0 Å². The van der Waals surface area contributed by atoms with Crippen molar-refractivity contribution in [3.8, 4) is 5.75 Å². The molecule has 6 nitrogen and oxygen atoms in total. The molecule has 2 aromatic carbocycles.